The Balaban J connectivity index is 1.48. The molecule has 29 heavy (non-hydrogen) atoms. The molecule has 7 heteroatoms. The summed E-state index contributed by atoms with van der Waals surface area (Å²) >= 11 is 0. The van der Waals surface area contributed by atoms with Gasteiger partial charge in [-0.1, -0.05) is 41.6 Å². The van der Waals surface area contributed by atoms with Gasteiger partial charge < -0.3 is 4.84 Å². The Labute approximate surface area is 164 Å². The lowest BCUT2D eigenvalue weighted by Gasteiger charge is -2.15. The van der Waals surface area contributed by atoms with Crippen LogP contribution in [0.3, 0.4) is 0 Å². The van der Waals surface area contributed by atoms with E-state index in [0.717, 1.165) is 27.8 Å². The van der Waals surface area contributed by atoms with Gasteiger partial charge in [0.05, 0.1) is 5.69 Å². The molecule has 6 nitrogen and oxygen atoms in total. The number of hydrogen-bond donors (Lipinski definition) is 0. The highest BCUT2D eigenvalue weighted by molar-refractivity contribution is 6.52. The Morgan fingerprint density at radius 1 is 0.931 bits per heavy atom. The van der Waals surface area contributed by atoms with Crippen molar-refractivity contribution >= 4 is 39.8 Å². The van der Waals surface area contributed by atoms with Crippen LogP contribution >= 0.6 is 0 Å². The number of halogens is 1. The maximum Gasteiger partial charge on any atom is 0.278 e. The molecule has 1 saturated heterocycles. The van der Waals surface area contributed by atoms with Gasteiger partial charge in [-0.15, -0.1) is 0 Å². The molecule has 2 aliphatic rings. The Bertz CT molecular complexity index is 1220. The van der Waals surface area contributed by atoms with Gasteiger partial charge >= 0.3 is 0 Å². The fraction of sp³-hybridized carbons (Fsp3) is 0.0909. The second-order valence-corrected chi connectivity index (χ2v) is 6.86. The standard InChI is InChI=1S/C22H13FN2O4/c23-15-7-9-16(10-8-15)25-21(27)17-18(24-29-20(17)22(25)28)19(26)14-6-5-12-3-1-2-4-13(12)11-14/h1-11,17,20H. The van der Waals surface area contributed by atoms with Crippen LogP contribution in [0.1, 0.15) is 10.4 Å². The van der Waals surface area contributed by atoms with Crippen LogP contribution < -0.4 is 4.90 Å². The number of anilines is 1. The summed E-state index contributed by atoms with van der Waals surface area (Å²) in [5.74, 6) is -3.32. The van der Waals surface area contributed by atoms with Crippen molar-refractivity contribution in [2.24, 2.45) is 11.1 Å². The van der Waals surface area contributed by atoms with Gasteiger partial charge in [-0.05, 0) is 41.1 Å². The van der Waals surface area contributed by atoms with Crippen LogP contribution in [0.4, 0.5) is 10.1 Å². The van der Waals surface area contributed by atoms with Gasteiger partial charge in [-0.2, -0.15) is 0 Å². The minimum atomic E-state index is -1.19. The van der Waals surface area contributed by atoms with Gasteiger partial charge in [0, 0.05) is 5.56 Å². The van der Waals surface area contributed by atoms with E-state index in [9.17, 15) is 18.8 Å². The summed E-state index contributed by atoms with van der Waals surface area (Å²) in [4.78, 5) is 44.7. The molecular weight excluding hydrogens is 375 g/mol. The third kappa shape index (κ3) is 2.62. The molecule has 0 saturated carbocycles. The zero-order valence-corrected chi connectivity index (χ0v) is 14.9. The van der Waals surface area contributed by atoms with E-state index in [0.29, 0.717) is 5.56 Å². The quantitative estimate of drug-likeness (QED) is 0.510. The van der Waals surface area contributed by atoms with Crippen molar-refractivity contribution < 1.29 is 23.6 Å². The van der Waals surface area contributed by atoms with Gasteiger partial charge in [0.15, 0.2) is 0 Å². The predicted octanol–water partition coefficient (Wildman–Crippen LogP) is 3.11. The van der Waals surface area contributed by atoms with Crippen molar-refractivity contribution in [1.82, 2.24) is 0 Å². The highest BCUT2D eigenvalue weighted by Crippen LogP contribution is 2.34. The molecule has 3 aromatic carbocycles. The number of oxime groups is 1. The number of benzene rings is 3. The smallest absolute Gasteiger partial charge is 0.278 e. The molecule has 2 atom stereocenters. The second kappa shape index (κ2) is 6.34. The molecule has 1 fully saturated rings. The van der Waals surface area contributed by atoms with Crippen LogP contribution in [-0.2, 0) is 14.4 Å². The van der Waals surface area contributed by atoms with Crippen LogP contribution in [0.2, 0.25) is 0 Å². The molecule has 0 N–H and O–H groups in total. The van der Waals surface area contributed by atoms with Crippen LogP contribution in [0.25, 0.3) is 10.8 Å². The summed E-state index contributed by atoms with van der Waals surface area (Å²) in [7, 11) is 0. The first-order valence-corrected chi connectivity index (χ1v) is 8.95. The molecule has 2 aliphatic heterocycles. The van der Waals surface area contributed by atoms with Gasteiger partial charge in [0.25, 0.3) is 5.91 Å². The molecular formula is C22H13FN2O4. The first-order chi connectivity index (χ1) is 14.0. The summed E-state index contributed by atoms with van der Waals surface area (Å²) in [6.07, 6.45) is -1.19. The maximum absolute atomic E-state index is 13.2. The lowest BCUT2D eigenvalue weighted by Crippen LogP contribution is -2.34. The number of ketones is 1. The minimum Gasteiger partial charge on any atom is -0.381 e. The number of hydrogen-bond acceptors (Lipinski definition) is 5. The summed E-state index contributed by atoms with van der Waals surface area (Å²) in [6, 6.07) is 17.7. The summed E-state index contributed by atoms with van der Waals surface area (Å²) in [6.45, 7) is 0. The van der Waals surface area contributed by atoms with Crippen molar-refractivity contribution in [1.29, 1.82) is 0 Å². The molecule has 142 valence electrons. The molecule has 2 unspecified atom stereocenters. The monoisotopic (exact) mass is 388 g/mol. The first kappa shape index (κ1) is 17.2. The zero-order chi connectivity index (χ0) is 20.1. The lowest BCUT2D eigenvalue weighted by molar-refractivity contribution is -0.126. The minimum absolute atomic E-state index is 0.103. The molecule has 2 heterocycles. The third-order valence-electron chi connectivity index (χ3n) is 5.14. The second-order valence-electron chi connectivity index (χ2n) is 6.86. The van der Waals surface area contributed by atoms with E-state index < -0.39 is 35.4 Å². The number of amides is 2. The number of fused-ring (bicyclic) bond motifs is 2. The largest absolute Gasteiger partial charge is 0.381 e. The molecule has 0 radical (unpaired) electrons. The van der Waals surface area contributed by atoms with Crippen LogP contribution in [0.15, 0.2) is 71.9 Å². The Morgan fingerprint density at radius 3 is 2.41 bits per heavy atom. The van der Waals surface area contributed by atoms with Crippen LogP contribution in [0, 0.1) is 11.7 Å². The predicted molar refractivity (Wildman–Crippen MR) is 103 cm³/mol. The number of rotatable bonds is 3. The number of nitrogens with zero attached hydrogens (tertiary/aromatic N) is 2. The van der Waals surface area contributed by atoms with E-state index in [1.165, 1.54) is 12.1 Å². The number of carbonyl (C=O) groups is 3. The Kier molecular flexibility index (Phi) is 3.77. The van der Waals surface area contributed by atoms with Crippen LogP contribution in [-0.4, -0.2) is 29.4 Å². The number of carbonyl (C=O) groups excluding carboxylic acids is 3. The Morgan fingerprint density at radius 2 is 1.66 bits per heavy atom. The Hall–Kier alpha value is -3.87. The van der Waals surface area contributed by atoms with Crippen molar-refractivity contribution in [3.05, 3.63) is 78.1 Å². The summed E-state index contributed by atoms with van der Waals surface area (Å²) < 4.78 is 13.2. The van der Waals surface area contributed by atoms with Gasteiger partial charge in [-0.3, -0.25) is 14.4 Å². The van der Waals surface area contributed by atoms with Gasteiger partial charge in [0.2, 0.25) is 17.8 Å². The maximum atomic E-state index is 13.2. The molecule has 5 rings (SSSR count). The fourth-order valence-electron chi connectivity index (χ4n) is 3.69. The normalized spacial score (nSPS) is 20.6. The van der Waals surface area contributed by atoms with E-state index >= 15 is 0 Å². The van der Waals surface area contributed by atoms with Crippen LogP contribution in [0.5, 0.6) is 0 Å². The third-order valence-corrected chi connectivity index (χ3v) is 5.14. The van der Waals surface area contributed by atoms with Crippen molar-refractivity contribution in [2.45, 2.75) is 6.10 Å². The van der Waals surface area contributed by atoms with Crippen molar-refractivity contribution in [3.63, 3.8) is 0 Å². The molecule has 0 spiro atoms. The topological polar surface area (TPSA) is 76.0 Å². The van der Waals surface area contributed by atoms with E-state index in [2.05, 4.69) is 5.16 Å². The lowest BCUT2D eigenvalue weighted by atomic mass is 9.92. The zero-order valence-electron chi connectivity index (χ0n) is 14.9. The molecule has 0 aliphatic carbocycles. The fourth-order valence-corrected chi connectivity index (χ4v) is 3.69. The molecule has 3 aromatic rings. The first-order valence-electron chi connectivity index (χ1n) is 8.95. The summed E-state index contributed by atoms with van der Waals surface area (Å²) in [5.41, 5.74) is 0.470. The average molecular weight is 388 g/mol. The average Bonchev–Trinajstić information content (AvgIpc) is 3.28. The molecule has 2 amide bonds. The van der Waals surface area contributed by atoms with E-state index in [1.54, 1.807) is 12.1 Å². The number of imide groups is 1. The van der Waals surface area contributed by atoms with E-state index in [1.807, 2.05) is 30.3 Å². The van der Waals surface area contributed by atoms with Crippen molar-refractivity contribution in [3.8, 4) is 0 Å². The van der Waals surface area contributed by atoms with E-state index in [4.69, 9.17) is 4.84 Å². The molecule has 0 bridgehead atoms. The number of Topliss-reactive ketones (excluding diaryl/α,β-unsaturated/α-hetero) is 1. The highest BCUT2D eigenvalue weighted by atomic mass is 19.1. The van der Waals surface area contributed by atoms with Gasteiger partial charge in [0.1, 0.15) is 17.4 Å². The molecule has 0 aromatic heterocycles. The van der Waals surface area contributed by atoms with Crippen molar-refractivity contribution in [2.75, 3.05) is 4.90 Å². The highest BCUT2D eigenvalue weighted by Gasteiger charge is 2.57. The van der Waals surface area contributed by atoms with E-state index in [-0.39, 0.29) is 11.4 Å². The summed E-state index contributed by atoms with van der Waals surface area (Å²) in [5, 5.41) is 5.60. The van der Waals surface area contributed by atoms with Gasteiger partial charge in [-0.25, -0.2) is 9.29 Å². The SMILES string of the molecule is O=C(C1=NOC2C(=O)N(c3ccc(F)cc3)C(=O)C12)c1ccc2ccccc2c1.